The van der Waals surface area contributed by atoms with Gasteiger partial charge in [0.1, 0.15) is 34.7 Å². The van der Waals surface area contributed by atoms with E-state index in [2.05, 4.69) is 25.5 Å². The molecule has 0 amide bonds. The number of aromatic nitrogens is 3. The van der Waals surface area contributed by atoms with E-state index >= 15 is 0 Å². The molecule has 3 N–H and O–H groups in total. The molecule has 1 aliphatic heterocycles. The predicted molar refractivity (Wildman–Crippen MR) is 146 cm³/mol. The number of aryl methyl sites for hydroxylation is 1. The first kappa shape index (κ1) is 26.6. The Kier molecular flexibility index (Phi) is 7.23. The smallest absolute Gasteiger partial charge is 0.238 e. The van der Waals surface area contributed by atoms with Crippen LogP contribution in [0.25, 0.3) is 22.0 Å². The number of nitrogens with one attached hydrogen (secondary N) is 1. The van der Waals surface area contributed by atoms with Gasteiger partial charge in [0, 0.05) is 36.1 Å². The summed E-state index contributed by atoms with van der Waals surface area (Å²) in [5, 5.41) is 0.739. The zero-order valence-corrected chi connectivity index (χ0v) is 22.2. The second kappa shape index (κ2) is 10.6. The van der Waals surface area contributed by atoms with Gasteiger partial charge in [0.15, 0.2) is 0 Å². The predicted octanol–water partition coefficient (Wildman–Crippen LogP) is 4.53. The summed E-state index contributed by atoms with van der Waals surface area (Å²) in [6.45, 7) is 3.04. The fourth-order valence-electron chi connectivity index (χ4n) is 4.42. The lowest BCUT2D eigenvalue weighted by atomic mass is 10.0. The molecule has 0 spiro atoms. The maximum Gasteiger partial charge on any atom is 0.238 e. The van der Waals surface area contributed by atoms with E-state index in [0.717, 1.165) is 30.4 Å². The van der Waals surface area contributed by atoms with Gasteiger partial charge >= 0.3 is 0 Å². The SMILES string of the molecule is C=S(=O)(Nc1cc(-c2cc(OC3CCOCC3)c3nc(N)nc(C)c3c2)cnc1OC)c1ccc(F)cc1F. The quantitative estimate of drug-likeness (QED) is 0.319. The van der Waals surface area contributed by atoms with Crippen molar-refractivity contribution in [2.24, 2.45) is 0 Å². The number of halogens is 2. The van der Waals surface area contributed by atoms with Crippen molar-refractivity contribution in [1.29, 1.82) is 0 Å². The Balaban J connectivity index is 1.59. The Morgan fingerprint density at radius 3 is 2.62 bits per heavy atom. The fourth-order valence-corrected chi connectivity index (χ4v) is 5.69. The minimum absolute atomic E-state index is 0.0543. The molecule has 1 saturated heterocycles. The van der Waals surface area contributed by atoms with Crippen molar-refractivity contribution in [3.8, 4) is 22.8 Å². The van der Waals surface area contributed by atoms with E-state index in [1.807, 2.05) is 19.1 Å². The molecule has 3 heterocycles. The van der Waals surface area contributed by atoms with E-state index in [4.69, 9.17) is 19.9 Å². The van der Waals surface area contributed by atoms with Crippen molar-refractivity contribution >= 4 is 38.1 Å². The summed E-state index contributed by atoms with van der Waals surface area (Å²) in [7, 11) is -2.05. The van der Waals surface area contributed by atoms with Crippen LogP contribution < -0.4 is 19.9 Å². The van der Waals surface area contributed by atoms with Crippen LogP contribution >= 0.6 is 0 Å². The molecule has 2 aromatic heterocycles. The molecule has 1 atom stereocenters. The Morgan fingerprint density at radius 1 is 1.13 bits per heavy atom. The first-order chi connectivity index (χ1) is 18.6. The Bertz CT molecular complexity index is 1660. The number of hydrogen-bond donors (Lipinski definition) is 2. The molecule has 5 rings (SSSR count). The molecule has 12 heteroatoms. The zero-order valence-electron chi connectivity index (χ0n) is 21.4. The van der Waals surface area contributed by atoms with Crippen molar-refractivity contribution in [3.63, 3.8) is 0 Å². The molecule has 0 saturated carbocycles. The third-order valence-corrected chi connectivity index (χ3v) is 7.93. The number of benzene rings is 2. The van der Waals surface area contributed by atoms with Crippen LogP contribution in [0.5, 0.6) is 11.6 Å². The molecule has 39 heavy (non-hydrogen) atoms. The van der Waals surface area contributed by atoms with E-state index in [1.54, 1.807) is 12.3 Å². The van der Waals surface area contributed by atoms with Gasteiger partial charge in [0.25, 0.3) is 0 Å². The number of ether oxygens (including phenoxy) is 3. The highest BCUT2D eigenvalue weighted by molar-refractivity contribution is 8.01. The molecule has 0 radical (unpaired) electrons. The average Bonchev–Trinajstić information content (AvgIpc) is 2.89. The Morgan fingerprint density at radius 2 is 1.90 bits per heavy atom. The third kappa shape index (κ3) is 5.57. The zero-order chi connectivity index (χ0) is 27.7. The maximum atomic E-state index is 14.4. The second-order valence-electron chi connectivity index (χ2n) is 9.10. The molecule has 4 aromatic rings. The molecule has 9 nitrogen and oxygen atoms in total. The van der Waals surface area contributed by atoms with Gasteiger partial charge in [-0.2, -0.15) is 0 Å². The van der Waals surface area contributed by atoms with Gasteiger partial charge < -0.3 is 24.7 Å². The van der Waals surface area contributed by atoms with Crippen LogP contribution in [0.2, 0.25) is 0 Å². The minimum Gasteiger partial charge on any atom is -0.488 e. The van der Waals surface area contributed by atoms with E-state index in [-0.39, 0.29) is 28.5 Å². The van der Waals surface area contributed by atoms with Gasteiger partial charge in [-0.15, -0.1) is 0 Å². The van der Waals surface area contributed by atoms with Crippen LogP contribution in [0.3, 0.4) is 0 Å². The first-order valence-corrected chi connectivity index (χ1v) is 13.8. The summed E-state index contributed by atoms with van der Waals surface area (Å²) in [4.78, 5) is 12.8. The van der Waals surface area contributed by atoms with Gasteiger partial charge in [-0.1, -0.05) is 0 Å². The third-order valence-electron chi connectivity index (χ3n) is 6.34. The van der Waals surface area contributed by atoms with Crippen molar-refractivity contribution in [2.75, 3.05) is 30.8 Å². The van der Waals surface area contributed by atoms with E-state index in [0.29, 0.717) is 47.4 Å². The lowest BCUT2D eigenvalue weighted by Gasteiger charge is -2.24. The molecule has 0 bridgehead atoms. The number of rotatable bonds is 7. The Hall–Kier alpha value is -4.03. The number of hydrogen-bond acceptors (Lipinski definition) is 8. The highest BCUT2D eigenvalue weighted by Crippen LogP contribution is 2.37. The highest BCUT2D eigenvalue weighted by Gasteiger charge is 2.21. The molecule has 1 fully saturated rings. The lowest BCUT2D eigenvalue weighted by molar-refractivity contribution is 0.0261. The van der Waals surface area contributed by atoms with Crippen LogP contribution in [0.4, 0.5) is 20.4 Å². The van der Waals surface area contributed by atoms with Crippen molar-refractivity contribution in [3.05, 3.63) is 59.9 Å². The summed E-state index contributed by atoms with van der Waals surface area (Å²) in [5.41, 5.74) is 8.73. The number of fused-ring (bicyclic) bond motifs is 1. The molecule has 1 aliphatic rings. The van der Waals surface area contributed by atoms with Crippen molar-refractivity contribution < 1.29 is 27.2 Å². The lowest BCUT2D eigenvalue weighted by Crippen LogP contribution is -2.26. The van der Waals surface area contributed by atoms with Gasteiger partial charge in [0.05, 0.1) is 40.6 Å². The summed E-state index contributed by atoms with van der Waals surface area (Å²) in [5.74, 6) is 2.67. The van der Waals surface area contributed by atoms with Crippen LogP contribution in [0, 0.1) is 18.6 Å². The number of nitrogens with zero attached hydrogens (tertiary/aromatic N) is 3. The monoisotopic (exact) mass is 555 g/mol. The number of anilines is 2. The molecule has 204 valence electrons. The van der Waals surface area contributed by atoms with Gasteiger partial charge in [-0.3, -0.25) is 0 Å². The van der Waals surface area contributed by atoms with Crippen LogP contribution in [0.15, 0.2) is 47.5 Å². The van der Waals surface area contributed by atoms with Crippen molar-refractivity contribution in [1.82, 2.24) is 15.0 Å². The average molecular weight is 556 g/mol. The van der Waals surface area contributed by atoms with Crippen LogP contribution in [-0.4, -0.2) is 51.5 Å². The summed E-state index contributed by atoms with van der Waals surface area (Å²) in [6, 6.07) is 8.13. The summed E-state index contributed by atoms with van der Waals surface area (Å²) < 4.78 is 61.2. The van der Waals surface area contributed by atoms with E-state index < -0.39 is 21.3 Å². The highest BCUT2D eigenvalue weighted by atomic mass is 32.2. The van der Waals surface area contributed by atoms with Crippen LogP contribution in [0.1, 0.15) is 18.5 Å². The standard InChI is InChI=1S/C27H27F2N5O4S/c1-15-20-10-16(12-23(25(20)33-27(30)32-15)38-19-6-8-37-9-7-19)17-11-22(26(36-2)31-14-17)34-39(3,35)24-5-4-18(28)13-21(24)29/h4-5,10-14,19H,3,6-9H2,1-2H3,(H,34,35)(H2,30,32,33). The summed E-state index contributed by atoms with van der Waals surface area (Å²) >= 11 is 0. The number of methoxy groups -OCH3 is 1. The van der Waals surface area contributed by atoms with E-state index in [1.165, 1.54) is 7.11 Å². The molecular weight excluding hydrogens is 528 g/mol. The van der Waals surface area contributed by atoms with Crippen molar-refractivity contribution in [2.45, 2.75) is 30.8 Å². The minimum atomic E-state index is -3.45. The Labute approximate surface area is 224 Å². The second-order valence-corrected chi connectivity index (χ2v) is 11.1. The van der Waals surface area contributed by atoms with Gasteiger partial charge in [-0.05, 0) is 48.7 Å². The summed E-state index contributed by atoms with van der Waals surface area (Å²) in [6.07, 6.45) is 3.00. The maximum absolute atomic E-state index is 14.4. The largest absolute Gasteiger partial charge is 0.488 e. The first-order valence-electron chi connectivity index (χ1n) is 12.1. The van der Waals surface area contributed by atoms with E-state index in [9.17, 15) is 13.0 Å². The fraction of sp³-hybridized carbons (Fsp3) is 0.259. The van der Waals surface area contributed by atoms with Crippen LogP contribution in [-0.2, 0) is 14.4 Å². The molecule has 1 unspecified atom stereocenters. The molecule has 2 aromatic carbocycles. The van der Waals surface area contributed by atoms with Gasteiger partial charge in [0.2, 0.25) is 11.8 Å². The van der Waals surface area contributed by atoms with Gasteiger partial charge in [-0.25, -0.2) is 27.9 Å². The molecular formula is C27H27F2N5O4S. The normalized spacial score (nSPS) is 15.6. The topological polar surface area (TPSA) is 121 Å². The number of nitrogen functional groups attached to an aromatic ring is 1. The number of pyridine rings is 1. The molecule has 0 aliphatic carbocycles. The number of nitrogens with two attached hydrogens (primary N) is 1.